The molecule has 0 saturated carbocycles. The Morgan fingerprint density at radius 1 is 1.16 bits per heavy atom. The van der Waals surface area contributed by atoms with Gasteiger partial charge in [0.2, 0.25) is 5.78 Å². The number of hydrogen-bond donors (Lipinski definition) is 0. The van der Waals surface area contributed by atoms with Gasteiger partial charge in [0.1, 0.15) is 5.58 Å². The molecule has 94 valence electrons. The number of carbonyl (C=O) groups excluding carboxylic acids is 1. The molecule has 3 nitrogen and oxygen atoms in total. The van der Waals surface area contributed by atoms with E-state index in [0.717, 1.165) is 22.1 Å². The Bertz CT molecular complexity index is 771. The number of nitrogens with zero attached hydrogens (tertiary/aromatic N) is 1. The number of carbonyl (C=O) groups is 1. The molecule has 3 heteroatoms. The minimum absolute atomic E-state index is 0.101. The van der Waals surface area contributed by atoms with Crippen LogP contribution in [0.3, 0.4) is 0 Å². The number of ketones is 1. The fourth-order valence-corrected chi connectivity index (χ4v) is 2.18. The Morgan fingerprint density at radius 2 is 2.00 bits per heavy atom. The minimum Gasteiger partial charge on any atom is -0.452 e. The molecule has 0 aliphatic carbocycles. The largest absolute Gasteiger partial charge is 0.452 e. The molecular weight excluding hydrogens is 238 g/mol. The molecule has 1 aromatic carbocycles. The Balaban J connectivity index is 2.12. The number of fused-ring (bicyclic) bond motifs is 1. The summed E-state index contributed by atoms with van der Waals surface area (Å²) >= 11 is 0. The number of para-hydroxylation sites is 1. The quantitative estimate of drug-likeness (QED) is 0.652. The van der Waals surface area contributed by atoms with E-state index in [1.165, 1.54) is 0 Å². The van der Waals surface area contributed by atoms with Crippen LogP contribution in [0.4, 0.5) is 0 Å². The number of pyridine rings is 1. The molecule has 3 aromatic rings. The normalized spacial score (nSPS) is 10.8. The zero-order chi connectivity index (χ0) is 13.4. The Labute approximate surface area is 110 Å². The smallest absolute Gasteiger partial charge is 0.228 e. The third-order valence-corrected chi connectivity index (χ3v) is 3.23. The van der Waals surface area contributed by atoms with Crippen LogP contribution in [0.1, 0.15) is 27.2 Å². The number of furan rings is 1. The monoisotopic (exact) mass is 251 g/mol. The number of hydrogen-bond acceptors (Lipinski definition) is 3. The van der Waals surface area contributed by atoms with E-state index in [-0.39, 0.29) is 5.78 Å². The Hall–Kier alpha value is -2.42. The Morgan fingerprint density at radius 3 is 2.74 bits per heavy atom. The molecule has 0 radical (unpaired) electrons. The lowest BCUT2D eigenvalue weighted by Crippen LogP contribution is -2.02. The second-order valence-electron chi connectivity index (χ2n) is 4.62. The predicted octanol–water partition coefficient (Wildman–Crippen LogP) is 3.68. The number of rotatable bonds is 2. The van der Waals surface area contributed by atoms with Crippen molar-refractivity contribution in [3.05, 3.63) is 65.2 Å². The first-order valence-corrected chi connectivity index (χ1v) is 6.11. The standard InChI is InChI=1S/C16H13NO2/c1-10-4-3-5-12-8-14(19-16(10)12)15(18)13-6-7-17-9-11(13)2/h3-9H,1-2H3. The fraction of sp³-hybridized carbons (Fsp3) is 0.125. The highest BCUT2D eigenvalue weighted by atomic mass is 16.3. The van der Waals surface area contributed by atoms with Crippen LogP contribution in [0.15, 0.2) is 47.1 Å². The van der Waals surface area contributed by atoms with Gasteiger partial charge in [-0.1, -0.05) is 18.2 Å². The van der Waals surface area contributed by atoms with Gasteiger partial charge in [-0.15, -0.1) is 0 Å². The predicted molar refractivity (Wildman–Crippen MR) is 73.4 cm³/mol. The molecule has 2 heterocycles. The topological polar surface area (TPSA) is 43.1 Å². The highest BCUT2D eigenvalue weighted by Gasteiger charge is 2.16. The van der Waals surface area contributed by atoms with Crippen LogP contribution in [0.2, 0.25) is 0 Å². The first-order chi connectivity index (χ1) is 9.16. The van der Waals surface area contributed by atoms with Crippen molar-refractivity contribution < 1.29 is 9.21 Å². The highest BCUT2D eigenvalue weighted by Crippen LogP contribution is 2.24. The van der Waals surface area contributed by atoms with Gasteiger partial charge in [-0.25, -0.2) is 0 Å². The lowest BCUT2D eigenvalue weighted by molar-refractivity contribution is 0.101. The molecular formula is C16H13NO2. The maximum absolute atomic E-state index is 12.4. The SMILES string of the molecule is Cc1cnccc1C(=O)c1cc2cccc(C)c2o1. The van der Waals surface area contributed by atoms with Crippen LogP contribution < -0.4 is 0 Å². The summed E-state index contributed by atoms with van der Waals surface area (Å²) in [6, 6.07) is 9.39. The maximum atomic E-state index is 12.4. The molecule has 0 atom stereocenters. The van der Waals surface area contributed by atoms with Gasteiger partial charge in [-0.05, 0) is 37.1 Å². The second kappa shape index (κ2) is 4.35. The summed E-state index contributed by atoms with van der Waals surface area (Å²) in [6.07, 6.45) is 3.30. The average molecular weight is 251 g/mol. The minimum atomic E-state index is -0.101. The summed E-state index contributed by atoms with van der Waals surface area (Å²) in [4.78, 5) is 16.4. The fourth-order valence-electron chi connectivity index (χ4n) is 2.18. The highest BCUT2D eigenvalue weighted by molar-refractivity contribution is 6.09. The molecule has 0 fully saturated rings. The lowest BCUT2D eigenvalue weighted by atomic mass is 10.1. The van der Waals surface area contributed by atoms with Crippen LogP contribution >= 0.6 is 0 Å². The van der Waals surface area contributed by atoms with E-state index < -0.39 is 0 Å². The summed E-state index contributed by atoms with van der Waals surface area (Å²) in [5.41, 5.74) is 3.29. The van der Waals surface area contributed by atoms with Crippen molar-refractivity contribution >= 4 is 16.8 Å². The lowest BCUT2D eigenvalue weighted by Gasteiger charge is -2.00. The molecule has 0 unspecified atom stereocenters. The maximum Gasteiger partial charge on any atom is 0.228 e. The summed E-state index contributed by atoms with van der Waals surface area (Å²) in [5, 5.41) is 0.954. The van der Waals surface area contributed by atoms with Crippen LogP contribution in [-0.4, -0.2) is 10.8 Å². The second-order valence-corrected chi connectivity index (χ2v) is 4.62. The van der Waals surface area contributed by atoms with Crippen molar-refractivity contribution in [3.63, 3.8) is 0 Å². The van der Waals surface area contributed by atoms with E-state index in [0.29, 0.717) is 11.3 Å². The van der Waals surface area contributed by atoms with Gasteiger partial charge >= 0.3 is 0 Å². The summed E-state index contributed by atoms with van der Waals surface area (Å²) in [5.74, 6) is 0.272. The number of aromatic nitrogens is 1. The Kier molecular flexibility index (Phi) is 2.67. The van der Waals surface area contributed by atoms with E-state index in [4.69, 9.17) is 4.42 Å². The van der Waals surface area contributed by atoms with Crippen LogP contribution in [0, 0.1) is 13.8 Å². The van der Waals surface area contributed by atoms with Crippen molar-refractivity contribution in [3.8, 4) is 0 Å². The van der Waals surface area contributed by atoms with E-state index in [9.17, 15) is 4.79 Å². The zero-order valence-electron chi connectivity index (χ0n) is 10.8. The third kappa shape index (κ3) is 1.93. The summed E-state index contributed by atoms with van der Waals surface area (Å²) in [7, 11) is 0. The van der Waals surface area contributed by atoms with Crippen LogP contribution in [0.5, 0.6) is 0 Å². The first kappa shape index (κ1) is 11.7. The van der Waals surface area contributed by atoms with Crippen molar-refractivity contribution in [2.24, 2.45) is 0 Å². The molecule has 0 N–H and O–H groups in total. The molecule has 19 heavy (non-hydrogen) atoms. The molecule has 0 spiro atoms. The van der Waals surface area contributed by atoms with Crippen LogP contribution in [-0.2, 0) is 0 Å². The van der Waals surface area contributed by atoms with E-state index in [1.54, 1.807) is 24.5 Å². The van der Waals surface area contributed by atoms with Gasteiger partial charge in [0.05, 0.1) is 0 Å². The van der Waals surface area contributed by atoms with Gasteiger partial charge in [-0.2, -0.15) is 0 Å². The summed E-state index contributed by atoms with van der Waals surface area (Å²) in [6.45, 7) is 3.84. The molecule has 0 aliphatic rings. The van der Waals surface area contributed by atoms with E-state index in [1.807, 2.05) is 32.0 Å². The van der Waals surface area contributed by atoms with Crippen LogP contribution in [0.25, 0.3) is 11.0 Å². The zero-order valence-corrected chi connectivity index (χ0v) is 10.8. The number of aryl methyl sites for hydroxylation is 2. The van der Waals surface area contributed by atoms with E-state index >= 15 is 0 Å². The summed E-state index contributed by atoms with van der Waals surface area (Å²) < 4.78 is 5.70. The van der Waals surface area contributed by atoms with Gasteiger partial charge in [0.15, 0.2) is 5.76 Å². The van der Waals surface area contributed by atoms with Gasteiger partial charge < -0.3 is 4.42 Å². The van der Waals surface area contributed by atoms with Gasteiger partial charge in [-0.3, -0.25) is 9.78 Å². The molecule has 0 bridgehead atoms. The van der Waals surface area contributed by atoms with Crippen molar-refractivity contribution in [1.82, 2.24) is 4.98 Å². The molecule has 2 aromatic heterocycles. The van der Waals surface area contributed by atoms with Gasteiger partial charge in [0, 0.05) is 23.3 Å². The van der Waals surface area contributed by atoms with Crippen molar-refractivity contribution in [2.75, 3.05) is 0 Å². The van der Waals surface area contributed by atoms with Crippen molar-refractivity contribution in [2.45, 2.75) is 13.8 Å². The molecule has 0 aliphatic heterocycles. The van der Waals surface area contributed by atoms with Gasteiger partial charge in [0.25, 0.3) is 0 Å². The number of benzene rings is 1. The molecule has 0 amide bonds. The third-order valence-electron chi connectivity index (χ3n) is 3.23. The first-order valence-electron chi connectivity index (χ1n) is 6.11. The van der Waals surface area contributed by atoms with Crippen molar-refractivity contribution in [1.29, 1.82) is 0 Å². The average Bonchev–Trinajstić information content (AvgIpc) is 2.84. The molecule has 3 rings (SSSR count). The molecule has 0 saturated heterocycles. The van der Waals surface area contributed by atoms with E-state index in [2.05, 4.69) is 4.98 Å².